The SMILES string of the molecule is COc1ccc(OC)c(NC(=O)CSc2nc(CC(=O)NCc3cccs3)cc(=O)[nH]2)c1. The van der Waals surface area contributed by atoms with Crippen molar-refractivity contribution in [3.05, 3.63) is 62.7 Å². The van der Waals surface area contributed by atoms with E-state index in [1.807, 2.05) is 17.5 Å². The van der Waals surface area contributed by atoms with Crippen molar-refractivity contribution in [1.29, 1.82) is 0 Å². The van der Waals surface area contributed by atoms with Crippen molar-refractivity contribution in [2.75, 3.05) is 25.3 Å². The van der Waals surface area contributed by atoms with Crippen LogP contribution in [0.2, 0.25) is 0 Å². The molecule has 168 valence electrons. The topological polar surface area (TPSA) is 122 Å². The first-order valence-electron chi connectivity index (χ1n) is 9.51. The molecule has 2 amide bonds. The van der Waals surface area contributed by atoms with Gasteiger partial charge in [0.15, 0.2) is 5.16 Å². The number of methoxy groups -OCH3 is 2. The Labute approximate surface area is 192 Å². The summed E-state index contributed by atoms with van der Waals surface area (Å²) in [6.07, 6.45) is -0.0317. The van der Waals surface area contributed by atoms with E-state index in [0.717, 1.165) is 16.6 Å². The maximum Gasteiger partial charge on any atom is 0.251 e. The van der Waals surface area contributed by atoms with Crippen molar-refractivity contribution in [1.82, 2.24) is 15.3 Å². The molecule has 3 aromatic rings. The zero-order valence-electron chi connectivity index (χ0n) is 17.5. The normalized spacial score (nSPS) is 10.4. The number of nitrogens with one attached hydrogen (secondary N) is 3. The number of benzene rings is 1. The van der Waals surface area contributed by atoms with Crippen molar-refractivity contribution in [3.63, 3.8) is 0 Å². The second-order valence-corrected chi connectivity index (χ2v) is 8.47. The van der Waals surface area contributed by atoms with E-state index in [1.54, 1.807) is 29.5 Å². The highest BCUT2D eigenvalue weighted by molar-refractivity contribution is 7.99. The number of amides is 2. The molecule has 0 bridgehead atoms. The molecule has 3 N–H and O–H groups in total. The third-order valence-electron chi connectivity index (χ3n) is 4.18. The minimum Gasteiger partial charge on any atom is -0.497 e. The average molecular weight is 475 g/mol. The molecule has 3 rings (SSSR count). The van der Waals surface area contributed by atoms with E-state index in [2.05, 4.69) is 20.6 Å². The average Bonchev–Trinajstić information content (AvgIpc) is 3.29. The Balaban J connectivity index is 1.57. The van der Waals surface area contributed by atoms with Crippen LogP contribution in [0.5, 0.6) is 11.5 Å². The van der Waals surface area contributed by atoms with Crippen molar-refractivity contribution in [2.24, 2.45) is 0 Å². The Morgan fingerprint density at radius 1 is 1.16 bits per heavy atom. The van der Waals surface area contributed by atoms with Crippen molar-refractivity contribution < 1.29 is 19.1 Å². The summed E-state index contributed by atoms with van der Waals surface area (Å²) in [6.45, 7) is 0.426. The molecule has 11 heteroatoms. The van der Waals surface area contributed by atoms with Crippen LogP contribution in [0.25, 0.3) is 0 Å². The number of H-pyrrole nitrogens is 1. The molecule has 0 aliphatic carbocycles. The number of aromatic nitrogens is 2. The van der Waals surface area contributed by atoms with Gasteiger partial charge in [0.25, 0.3) is 5.56 Å². The predicted molar refractivity (Wildman–Crippen MR) is 124 cm³/mol. The van der Waals surface area contributed by atoms with Crippen molar-refractivity contribution in [2.45, 2.75) is 18.1 Å². The van der Waals surface area contributed by atoms with Gasteiger partial charge in [0, 0.05) is 17.0 Å². The van der Waals surface area contributed by atoms with Crippen LogP contribution in [-0.2, 0) is 22.6 Å². The molecule has 2 heterocycles. The maximum absolute atomic E-state index is 12.4. The van der Waals surface area contributed by atoms with Gasteiger partial charge in [-0.15, -0.1) is 11.3 Å². The van der Waals surface area contributed by atoms with Crippen LogP contribution < -0.4 is 25.7 Å². The first-order chi connectivity index (χ1) is 15.5. The van der Waals surface area contributed by atoms with E-state index in [0.29, 0.717) is 29.4 Å². The smallest absolute Gasteiger partial charge is 0.251 e. The van der Waals surface area contributed by atoms with Gasteiger partial charge in [0.1, 0.15) is 11.5 Å². The second kappa shape index (κ2) is 11.3. The van der Waals surface area contributed by atoms with Crippen LogP contribution in [0.3, 0.4) is 0 Å². The van der Waals surface area contributed by atoms with Crippen LogP contribution in [0.1, 0.15) is 10.6 Å². The molecule has 0 saturated carbocycles. The number of anilines is 1. The van der Waals surface area contributed by atoms with Gasteiger partial charge in [0.05, 0.1) is 44.3 Å². The molecule has 9 nitrogen and oxygen atoms in total. The van der Waals surface area contributed by atoms with Crippen LogP contribution >= 0.6 is 23.1 Å². The number of carbonyl (C=O) groups excluding carboxylic acids is 2. The van der Waals surface area contributed by atoms with E-state index < -0.39 is 5.56 Å². The van der Waals surface area contributed by atoms with E-state index in [4.69, 9.17) is 9.47 Å². The summed E-state index contributed by atoms with van der Waals surface area (Å²) in [5, 5.41) is 7.74. The van der Waals surface area contributed by atoms with Crippen molar-refractivity contribution >= 4 is 40.6 Å². The van der Waals surface area contributed by atoms with Gasteiger partial charge in [-0.25, -0.2) is 4.98 Å². The van der Waals surface area contributed by atoms with Gasteiger partial charge in [-0.2, -0.15) is 0 Å². The van der Waals surface area contributed by atoms with Crippen molar-refractivity contribution in [3.8, 4) is 11.5 Å². The minimum atomic E-state index is -0.390. The Morgan fingerprint density at radius 2 is 2.00 bits per heavy atom. The van der Waals surface area contributed by atoms with Gasteiger partial charge in [-0.1, -0.05) is 17.8 Å². The zero-order valence-corrected chi connectivity index (χ0v) is 19.1. The fourth-order valence-corrected chi connectivity index (χ4v) is 4.04. The lowest BCUT2D eigenvalue weighted by Gasteiger charge is -2.11. The third kappa shape index (κ3) is 6.86. The summed E-state index contributed by atoms with van der Waals surface area (Å²) in [7, 11) is 3.03. The number of thioether (sulfide) groups is 1. The molecule has 0 aliphatic rings. The molecule has 0 fully saturated rings. The van der Waals surface area contributed by atoms with E-state index in [9.17, 15) is 14.4 Å². The van der Waals surface area contributed by atoms with Crippen LogP contribution in [0, 0.1) is 0 Å². The molecule has 0 aliphatic heterocycles. The Bertz CT molecular complexity index is 1130. The largest absolute Gasteiger partial charge is 0.497 e. The minimum absolute atomic E-state index is 0.00265. The number of carbonyl (C=O) groups is 2. The standard InChI is InChI=1S/C21H22N4O5S2/c1-29-14-5-6-17(30-2)16(10-14)24-20(28)12-32-21-23-13(9-19(27)25-21)8-18(26)22-11-15-4-3-7-31-15/h3-7,9-10H,8,11-12H2,1-2H3,(H,22,26)(H,24,28)(H,23,25,27). The van der Waals surface area contributed by atoms with Gasteiger partial charge in [-0.05, 0) is 23.6 Å². The Morgan fingerprint density at radius 3 is 2.72 bits per heavy atom. The lowest BCUT2D eigenvalue weighted by molar-refractivity contribution is -0.120. The van der Waals surface area contributed by atoms with Gasteiger partial charge in [0.2, 0.25) is 11.8 Å². The summed E-state index contributed by atoms with van der Waals surface area (Å²) < 4.78 is 10.4. The third-order valence-corrected chi connectivity index (χ3v) is 5.92. The number of ether oxygens (including phenoxy) is 2. The second-order valence-electron chi connectivity index (χ2n) is 6.48. The van der Waals surface area contributed by atoms with Crippen LogP contribution in [0.4, 0.5) is 5.69 Å². The number of thiophene rings is 1. The molecule has 0 atom stereocenters. The number of nitrogens with zero attached hydrogens (tertiary/aromatic N) is 1. The van der Waals surface area contributed by atoms with Crippen LogP contribution in [0.15, 0.2) is 51.7 Å². The number of hydrogen-bond donors (Lipinski definition) is 3. The summed E-state index contributed by atoms with van der Waals surface area (Å²) in [6, 6.07) is 10.2. The fourth-order valence-electron chi connectivity index (χ4n) is 2.70. The van der Waals surface area contributed by atoms with Crippen LogP contribution in [-0.4, -0.2) is 41.8 Å². The predicted octanol–water partition coefficient (Wildman–Crippen LogP) is 2.44. The molecule has 0 unspecified atom stereocenters. The summed E-state index contributed by atoms with van der Waals surface area (Å²) in [5.74, 6) is 0.506. The van der Waals surface area contributed by atoms with Gasteiger partial charge < -0.3 is 25.1 Å². The highest BCUT2D eigenvalue weighted by Gasteiger charge is 2.12. The first kappa shape index (κ1) is 23.4. The first-order valence-corrected chi connectivity index (χ1v) is 11.4. The molecular formula is C21H22N4O5S2. The molecule has 1 aromatic carbocycles. The van der Waals surface area contributed by atoms with Gasteiger partial charge in [-0.3, -0.25) is 14.4 Å². The molecule has 2 aromatic heterocycles. The maximum atomic E-state index is 12.4. The molecule has 0 radical (unpaired) electrons. The lowest BCUT2D eigenvalue weighted by atomic mass is 10.2. The molecule has 32 heavy (non-hydrogen) atoms. The number of rotatable bonds is 10. The van der Waals surface area contributed by atoms with E-state index in [-0.39, 0.29) is 29.1 Å². The van der Waals surface area contributed by atoms with E-state index in [1.165, 1.54) is 20.3 Å². The Hall–Kier alpha value is -3.31. The molecule has 0 spiro atoms. The number of hydrogen-bond acceptors (Lipinski definition) is 8. The van der Waals surface area contributed by atoms with E-state index >= 15 is 0 Å². The highest BCUT2D eigenvalue weighted by atomic mass is 32.2. The molecular weight excluding hydrogens is 452 g/mol. The zero-order chi connectivity index (χ0) is 22.9. The summed E-state index contributed by atoms with van der Waals surface area (Å²) in [4.78, 5) is 44.4. The quantitative estimate of drug-likeness (QED) is 0.305. The summed E-state index contributed by atoms with van der Waals surface area (Å²) >= 11 is 2.61. The summed E-state index contributed by atoms with van der Waals surface area (Å²) in [5.41, 5.74) is 0.406. The monoisotopic (exact) mass is 474 g/mol. The Kier molecular flexibility index (Phi) is 8.28. The van der Waals surface area contributed by atoms with Gasteiger partial charge >= 0.3 is 0 Å². The molecule has 0 saturated heterocycles. The highest BCUT2D eigenvalue weighted by Crippen LogP contribution is 2.29. The lowest BCUT2D eigenvalue weighted by Crippen LogP contribution is -2.25. The number of aromatic amines is 1. The fraction of sp³-hybridized carbons (Fsp3) is 0.238.